The predicted molar refractivity (Wildman–Crippen MR) is 93.1 cm³/mol. The van der Waals surface area contributed by atoms with E-state index in [0.29, 0.717) is 5.56 Å². The average molecular weight is 330 g/mol. The number of nitrogens with zero attached hydrogens (tertiary/aromatic N) is 1. The summed E-state index contributed by atoms with van der Waals surface area (Å²) in [5, 5.41) is 6.77. The maximum Gasteiger partial charge on any atom is 0.252 e. The second-order valence-electron chi connectivity index (χ2n) is 6.01. The van der Waals surface area contributed by atoms with Crippen LogP contribution in [-0.4, -0.2) is 24.5 Å². The quantitative estimate of drug-likeness (QED) is 0.880. The van der Waals surface area contributed by atoms with Gasteiger partial charge in [0.15, 0.2) is 0 Å². The molecule has 2 aromatic rings. The molecular formula is C18H20ClN3O. The van der Waals surface area contributed by atoms with E-state index in [1.165, 1.54) is 12.0 Å². The first-order valence-corrected chi connectivity index (χ1v) is 8.19. The Bertz CT molecular complexity index is 696. The summed E-state index contributed by atoms with van der Waals surface area (Å²) in [7, 11) is 1.61. The Hall–Kier alpha value is -2.07. The van der Waals surface area contributed by atoms with Gasteiger partial charge in [-0.2, -0.15) is 0 Å². The van der Waals surface area contributed by atoms with Crippen LogP contribution in [0.3, 0.4) is 0 Å². The summed E-state index contributed by atoms with van der Waals surface area (Å²) in [6, 6.07) is 11.7. The van der Waals surface area contributed by atoms with E-state index in [4.69, 9.17) is 11.6 Å². The number of aromatic nitrogens is 1. The monoisotopic (exact) mass is 329 g/mol. The second kappa shape index (κ2) is 6.59. The molecule has 4 nitrogen and oxygen atoms in total. The first-order chi connectivity index (χ1) is 11.1. The molecule has 1 heterocycles. The van der Waals surface area contributed by atoms with Gasteiger partial charge in [0.2, 0.25) is 0 Å². The molecule has 0 spiro atoms. The summed E-state index contributed by atoms with van der Waals surface area (Å²) >= 11 is 6.14. The van der Waals surface area contributed by atoms with Gasteiger partial charge in [-0.1, -0.05) is 30.2 Å². The molecule has 0 unspecified atom stereocenters. The van der Waals surface area contributed by atoms with Gasteiger partial charge in [-0.05, 0) is 42.7 Å². The third-order valence-electron chi connectivity index (χ3n) is 4.61. The average Bonchev–Trinajstić information content (AvgIpc) is 2.54. The van der Waals surface area contributed by atoms with Gasteiger partial charge in [0, 0.05) is 30.2 Å². The van der Waals surface area contributed by atoms with Crippen LogP contribution < -0.4 is 10.6 Å². The molecule has 3 rings (SSSR count). The molecule has 0 saturated heterocycles. The van der Waals surface area contributed by atoms with Gasteiger partial charge in [0.05, 0.1) is 5.56 Å². The highest BCUT2D eigenvalue weighted by molar-refractivity contribution is 6.30. The van der Waals surface area contributed by atoms with Gasteiger partial charge in [0.1, 0.15) is 5.82 Å². The lowest BCUT2D eigenvalue weighted by Crippen LogP contribution is -2.41. The van der Waals surface area contributed by atoms with Gasteiger partial charge in [-0.15, -0.1) is 0 Å². The molecule has 23 heavy (non-hydrogen) atoms. The highest BCUT2D eigenvalue weighted by atomic mass is 35.5. The molecular weight excluding hydrogens is 310 g/mol. The van der Waals surface area contributed by atoms with Gasteiger partial charge in [0.25, 0.3) is 5.91 Å². The summed E-state index contributed by atoms with van der Waals surface area (Å²) in [5.41, 5.74) is 1.98. The van der Waals surface area contributed by atoms with Crippen molar-refractivity contribution in [2.45, 2.75) is 24.7 Å². The van der Waals surface area contributed by atoms with E-state index in [1.54, 1.807) is 19.3 Å². The zero-order chi connectivity index (χ0) is 16.3. The van der Waals surface area contributed by atoms with E-state index < -0.39 is 0 Å². The zero-order valence-electron chi connectivity index (χ0n) is 13.1. The minimum atomic E-state index is -0.126. The van der Waals surface area contributed by atoms with Gasteiger partial charge in [-0.3, -0.25) is 4.79 Å². The first-order valence-electron chi connectivity index (χ1n) is 7.81. The van der Waals surface area contributed by atoms with Crippen molar-refractivity contribution in [2.24, 2.45) is 0 Å². The van der Waals surface area contributed by atoms with E-state index >= 15 is 0 Å². The van der Waals surface area contributed by atoms with Crippen LogP contribution in [0.5, 0.6) is 0 Å². The third-order valence-corrected chi connectivity index (χ3v) is 4.84. The van der Waals surface area contributed by atoms with Crippen molar-refractivity contribution < 1.29 is 4.79 Å². The summed E-state index contributed by atoms with van der Waals surface area (Å²) < 4.78 is 0. The smallest absolute Gasteiger partial charge is 0.252 e. The summed E-state index contributed by atoms with van der Waals surface area (Å²) in [4.78, 5) is 15.9. The molecule has 5 heteroatoms. The van der Waals surface area contributed by atoms with E-state index in [1.807, 2.05) is 18.2 Å². The molecule has 1 amide bonds. The van der Waals surface area contributed by atoms with Crippen molar-refractivity contribution >= 4 is 23.3 Å². The number of carbonyl (C=O) groups is 1. The molecule has 0 aliphatic heterocycles. The number of hydrogen-bond donors (Lipinski definition) is 2. The maximum absolute atomic E-state index is 11.5. The molecule has 0 radical (unpaired) electrons. The molecule has 2 N–H and O–H groups in total. The standard InChI is InChI=1S/C18H20ClN3O/c1-20-17(23)13-6-7-16(21-11-13)22-12-18(8-3-9-18)14-4-2-5-15(19)10-14/h2,4-7,10-11H,3,8-9,12H2,1H3,(H,20,23)(H,21,22). The molecule has 1 saturated carbocycles. The molecule has 1 aliphatic carbocycles. The van der Waals surface area contributed by atoms with Crippen LogP contribution in [0.1, 0.15) is 35.2 Å². The topological polar surface area (TPSA) is 54.0 Å². The number of carbonyl (C=O) groups excluding carboxylic acids is 1. The van der Waals surface area contributed by atoms with Crippen LogP contribution >= 0.6 is 11.6 Å². The number of nitrogens with one attached hydrogen (secondary N) is 2. The van der Waals surface area contributed by atoms with Crippen molar-refractivity contribution in [3.8, 4) is 0 Å². The fourth-order valence-corrected chi connectivity index (χ4v) is 3.22. The Morgan fingerprint density at radius 2 is 2.13 bits per heavy atom. The Balaban J connectivity index is 1.70. The van der Waals surface area contributed by atoms with Crippen LogP contribution in [0.25, 0.3) is 0 Å². The van der Waals surface area contributed by atoms with Gasteiger partial charge < -0.3 is 10.6 Å². The first kappa shape index (κ1) is 15.8. The number of hydrogen-bond acceptors (Lipinski definition) is 3. The van der Waals surface area contributed by atoms with E-state index in [2.05, 4.69) is 27.8 Å². The second-order valence-corrected chi connectivity index (χ2v) is 6.45. The lowest BCUT2D eigenvalue weighted by molar-refractivity contribution is 0.0963. The SMILES string of the molecule is CNC(=O)c1ccc(NCC2(c3cccc(Cl)c3)CCC2)nc1. The van der Waals surface area contributed by atoms with E-state index in [-0.39, 0.29) is 11.3 Å². The Morgan fingerprint density at radius 1 is 1.30 bits per heavy atom. The zero-order valence-corrected chi connectivity index (χ0v) is 13.9. The van der Waals surface area contributed by atoms with Crippen LogP contribution in [0.4, 0.5) is 5.82 Å². The van der Waals surface area contributed by atoms with Crippen molar-refractivity contribution in [1.82, 2.24) is 10.3 Å². The number of amides is 1. The Labute approximate surface area is 141 Å². The summed E-state index contributed by atoms with van der Waals surface area (Å²) in [6.45, 7) is 0.819. The lowest BCUT2D eigenvalue weighted by Gasteiger charge is -2.42. The normalized spacial score (nSPS) is 15.6. The van der Waals surface area contributed by atoms with Crippen LogP contribution in [-0.2, 0) is 5.41 Å². The minimum Gasteiger partial charge on any atom is -0.369 e. The van der Waals surface area contributed by atoms with Crippen LogP contribution in [0, 0.1) is 0 Å². The van der Waals surface area contributed by atoms with Crippen LogP contribution in [0.2, 0.25) is 5.02 Å². The van der Waals surface area contributed by atoms with Crippen molar-refractivity contribution in [2.75, 3.05) is 18.9 Å². The van der Waals surface area contributed by atoms with Crippen molar-refractivity contribution in [3.05, 3.63) is 58.7 Å². The van der Waals surface area contributed by atoms with Crippen LogP contribution in [0.15, 0.2) is 42.6 Å². The number of pyridine rings is 1. The number of benzene rings is 1. The molecule has 120 valence electrons. The van der Waals surface area contributed by atoms with Gasteiger partial charge in [-0.25, -0.2) is 4.98 Å². The van der Waals surface area contributed by atoms with Crippen molar-refractivity contribution in [3.63, 3.8) is 0 Å². The molecule has 1 aliphatic rings. The highest BCUT2D eigenvalue weighted by Crippen LogP contribution is 2.44. The van der Waals surface area contributed by atoms with E-state index in [0.717, 1.165) is 30.2 Å². The number of anilines is 1. The maximum atomic E-state index is 11.5. The van der Waals surface area contributed by atoms with E-state index in [9.17, 15) is 4.79 Å². The summed E-state index contributed by atoms with van der Waals surface area (Å²) in [5.74, 6) is 0.657. The number of rotatable bonds is 5. The largest absolute Gasteiger partial charge is 0.369 e. The van der Waals surface area contributed by atoms with Gasteiger partial charge >= 0.3 is 0 Å². The fraction of sp³-hybridized carbons (Fsp3) is 0.333. The molecule has 1 aromatic heterocycles. The summed E-state index contributed by atoms with van der Waals surface area (Å²) in [6.07, 6.45) is 5.12. The highest BCUT2D eigenvalue weighted by Gasteiger charge is 2.38. The lowest BCUT2D eigenvalue weighted by atomic mass is 9.64. The number of halogens is 1. The Morgan fingerprint density at radius 3 is 2.70 bits per heavy atom. The fourth-order valence-electron chi connectivity index (χ4n) is 3.03. The Kier molecular flexibility index (Phi) is 4.53. The third kappa shape index (κ3) is 3.32. The minimum absolute atomic E-state index is 0.126. The molecule has 0 bridgehead atoms. The molecule has 1 fully saturated rings. The molecule has 1 aromatic carbocycles. The predicted octanol–water partition coefficient (Wildman–Crippen LogP) is 3.63. The molecule has 0 atom stereocenters. The van der Waals surface area contributed by atoms with Crippen molar-refractivity contribution in [1.29, 1.82) is 0 Å².